The highest BCUT2D eigenvalue weighted by Crippen LogP contribution is 2.43. The third-order valence-electron chi connectivity index (χ3n) is 9.81. The minimum absolute atomic E-state index is 0.0534. The van der Waals surface area contributed by atoms with Crippen LogP contribution in [0.4, 0.5) is 0 Å². The molecular weight excluding hydrogens is 713 g/mol. The fourth-order valence-corrected chi connectivity index (χ4v) is 7.15. The average molecular weight is 800 g/mol. The van der Waals surface area contributed by atoms with Gasteiger partial charge in [-0.3, -0.25) is 18.6 Å². The lowest BCUT2D eigenvalue weighted by Crippen LogP contribution is -2.29. The first kappa shape index (κ1) is 53.5. The molecular formula is C45H86NO8P. The predicted octanol–water partition coefficient (Wildman–Crippen LogP) is 13.2. The molecule has 0 fully saturated rings. The number of ether oxygens (including phenoxy) is 2. The van der Waals surface area contributed by atoms with Gasteiger partial charge in [-0.2, -0.15) is 0 Å². The number of hydrogen-bond acceptors (Lipinski definition) is 8. The molecule has 0 aromatic carbocycles. The molecule has 0 heterocycles. The van der Waals surface area contributed by atoms with Gasteiger partial charge >= 0.3 is 19.8 Å². The van der Waals surface area contributed by atoms with Crippen molar-refractivity contribution in [2.75, 3.05) is 26.4 Å². The highest BCUT2D eigenvalue weighted by atomic mass is 31.2. The first-order valence-corrected chi connectivity index (χ1v) is 24.3. The molecule has 0 aliphatic heterocycles. The Hall–Kier alpha value is -1.51. The van der Waals surface area contributed by atoms with Gasteiger partial charge in [0.1, 0.15) is 6.61 Å². The first-order valence-electron chi connectivity index (χ1n) is 22.8. The van der Waals surface area contributed by atoms with Crippen LogP contribution in [-0.4, -0.2) is 49.3 Å². The quantitative estimate of drug-likeness (QED) is 0.0267. The van der Waals surface area contributed by atoms with Crippen LogP contribution in [-0.2, 0) is 32.7 Å². The molecule has 0 aliphatic rings. The van der Waals surface area contributed by atoms with E-state index in [0.29, 0.717) is 6.42 Å². The zero-order valence-electron chi connectivity index (χ0n) is 35.7. The zero-order chi connectivity index (χ0) is 40.3. The summed E-state index contributed by atoms with van der Waals surface area (Å²) in [5, 5.41) is 0. The molecule has 3 N–H and O–H groups in total. The van der Waals surface area contributed by atoms with E-state index in [2.05, 4.69) is 38.2 Å². The molecule has 55 heavy (non-hydrogen) atoms. The van der Waals surface area contributed by atoms with Gasteiger partial charge in [0.05, 0.1) is 13.2 Å². The maximum absolute atomic E-state index is 12.6. The zero-order valence-corrected chi connectivity index (χ0v) is 36.6. The molecule has 9 nitrogen and oxygen atoms in total. The number of allylic oxidation sites excluding steroid dienone is 4. The van der Waals surface area contributed by atoms with E-state index >= 15 is 0 Å². The number of esters is 2. The summed E-state index contributed by atoms with van der Waals surface area (Å²) in [6, 6.07) is 0. The Morgan fingerprint density at radius 3 is 1.31 bits per heavy atom. The van der Waals surface area contributed by atoms with Crippen LogP contribution in [0.25, 0.3) is 0 Å². The third kappa shape index (κ3) is 41.9. The van der Waals surface area contributed by atoms with Gasteiger partial charge in [-0.05, 0) is 64.2 Å². The minimum atomic E-state index is -4.38. The molecule has 0 bridgehead atoms. The number of phosphoric ester groups is 1. The first-order chi connectivity index (χ1) is 26.8. The summed E-state index contributed by atoms with van der Waals surface area (Å²) < 4.78 is 32.8. The summed E-state index contributed by atoms with van der Waals surface area (Å²) in [6.45, 7) is 3.72. The van der Waals surface area contributed by atoms with Crippen LogP contribution >= 0.6 is 7.82 Å². The lowest BCUT2D eigenvalue weighted by atomic mass is 10.0. The Bertz CT molecular complexity index is 959. The van der Waals surface area contributed by atoms with E-state index in [4.69, 9.17) is 24.3 Å². The van der Waals surface area contributed by atoms with Crippen molar-refractivity contribution < 1.29 is 37.6 Å². The van der Waals surface area contributed by atoms with Crippen LogP contribution in [0.3, 0.4) is 0 Å². The normalized spacial score (nSPS) is 13.5. The number of phosphoric acid groups is 1. The molecule has 0 saturated carbocycles. The van der Waals surface area contributed by atoms with Crippen LogP contribution in [0.15, 0.2) is 24.3 Å². The van der Waals surface area contributed by atoms with E-state index in [1.165, 1.54) is 128 Å². The molecule has 0 aromatic heterocycles. The Kier molecular flexibility index (Phi) is 40.9. The van der Waals surface area contributed by atoms with Crippen molar-refractivity contribution in [2.45, 2.75) is 225 Å². The van der Waals surface area contributed by atoms with Crippen molar-refractivity contribution >= 4 is 19.8 Å². The fraction of sp³-hybridized carbons (Fsp3) is 0.867. The maximum Gasteiger partial charge on any atom is 0.472 e. The highest BCUT2D eigenvalue weighted by Gasteiger charge is 2.26. The Labute approximate surface area is 338 Å². The molecule has 0 radical (unpaired) electrons. The maximum atomic E-state index is 12.6. The average Bonchev–Trinajstić information content (AvgIpc) is 3.17. The van der Waals surface area contributed by atoms with Gasteiger partial charge in [0.15, 0.2) is 6.10 Å². The molecule has 0 aromatic rings. The van der Waals surface area contributed by atoms with Gasteiger partial charge < -0.3 is 20.1 Å². The molecule has 10 heteroatoms. The van der Waals surface area contributed by atoms with Gasteiger partial charge in [0, 0.05) is 19.4 Å². The fourth-order valence-electron chi connectivity index (χ4n) is 6.39. The molecule has 0 amide bonds. The number of hydrogen-bond donors (Lipinski definition) is 2. The molecule has 0 spiro atoms. The molecule has 324 valence electrons. The Morgan fingerprint density at radius 2 is 0.891 bits per heavy atom. The van der Waals surface area contributed by atoms with Gasteiger partial charge in [-0.1, -0.05) is 167 Å². The van der Waals surface area contributed by atoms with Crippen LogP contribution < -0.4 is 5.73 Å². The summed E-state index contributed by atoms with van der Waals surface area (Å²) in [4.78, 5) is 34.9. The summed E-state index contributed by atoms with van der Waals surface area (Å²) in [6.07, 6.45) is 44.9. The van der Waals surface area contributed by atoms with Gasteiger partial charge in [0.2, 0.25) is 0 Å². The summed E-state index contributed by atoms with van der Waals surface area (Å²) >= 11 is 0. The van der Waals surface area contributed by atoms with E-state index in [9.17, 15) is 19.0 Å². The second-order valence-electron chi connectivity index (χ2n) is 15.3. The van der Waals surface area contributed by atoms with Crippen molar-refractivity contribution in [1.29, 1.82) is 0 Å². The molecule has 2 atom stereocenters. The van der Waals surface area contributed by atoms with Crippen molar-refractivity contribution in [2.24, 2.45) is 5.73 Å². The number of rotatable bonds is 43. The highest BCUT2D eigenvalue weighted by molar-refractivity contribution is 7.47. The van der Waals surface area contributed by atoms with Gasteiger partial charge in [-0.25, -0.2) is 4.57 Å². The monoisotopic (exact) mass is 800 g/mol. The number of unbranched alkanes of at least 4 members (excludes halogenated alkanes) is 26. The summed E-state index contributed by atoms with van der Waals surface area (Å²) in [7, 11) is -4.38. The third-order valence-corrected chi connectivity index (χ3v) is 10.8. The lowest BCUT2D eigenvalue weighted by molar-refractivity contribution is -0.161. The number of carbonyl (C=O) groups is 2. The Balaban J connectivity index is 4.08. The second-order valence-corrected chi connectivity index (χ2v) is 16.7. The van der Waals surface area contributed by atoms with Crippen molar-refractivity contribution in [3.63, 3.8) is 0 Å². The van der Waals surface area contributed by atoms with Crippen LogP contribution in [0.1, 0.15) is 219 Å². The van der Waals surface area contributed by atoms with E-state index in [-0.39, 0.29) is 38.6 Å². The molecule has 0 aliphatic carbocycles. The SMILES string of the molecule is CCCCCC/C=C/CCCCCCCC(=O)OC[C@H](COP(=O)(O)OCCN)OC(=O)CCCCCCCCCCCCC/C=C/CCCCCCCC. The summed E-state index contributed by atoms with van der Waals surface area (Å²) in [5.41, 5.74) is 5.35. The second kappa shape index (κ2) is 42.1. The van der Waals surface area contributed by atoms with E-state index in [0.717, 1.165) is 57.8 Å². The van der Waals surface area contributed by atoms with Crippen LogP contribution in [0, 0.1) is 0 Å². The van der Waals surface area contributed by atoms with Crippen LogP contribution in [0.2, 0.25) is 0 Å². The largest absolute Gasteiger partial charge is 0.472 e. The van der Waals surface area contributed by atoms with Crippen molar-refractivity contribution in [3.05, 3.63) is 24.3 Å². The molecule has 0 rings (SSSR count). The number of carbonyl (C=O) groups excluding carboxylic acids is 2. The van der Waals surface area contributed by atoms with E-state index in [1.54, 1.807) is 0 Å². The van der Waals surface area contributed by atoms with Crippen LogP contribution in [0.5, 0.6) is 0 Å². The van der Waals surface area contributed by atoms with Crippen molar-refractivity contribution in [3.8, 4) is 0 Å². The van der Waals surface area contributed by atoms with Gasteiger partial charge in [-0.15, -0.1) is 0 Å². The predicted molar refractivity (Wildman–Crippen MR) is 229 cm³/mol. The molecule has 1 unspecified atom stereocenters. The lowest BCUT2D eigenvalue weighted by Gasteiger charge is -2.19. The Morgan fingerprint density at radius 1 is 0.527 bits per heavy atom. The van der Waals surface area contributed by atoms with E-state index in [1.807, 2.05) is 0 Å². The summed E-state index contributed by atoms with van der Waals surface area (Å²) in [5.74, 6) is -0.833. The topological polar surface area (TPSA) is 134 Å². The van der Waals surface area contributed by atoms with Crippen molar-refractivity contribution in [1.82, 2.24) is 0 Å². The minimum Gasteiger partial charge on any atom is -0.462 e. The number of nitrogens with two attached hydrogens (primary N) is 1. The van der Waals surface area contributed by atoms with E-state index < -0.39 is 26.5 Å². The molecule has 0 saturated heterocycles. The smallest absolute Gasteiger partial charge is 0.462 e. The standard InChI is InChI=1S/C45H86NO8P/c1-3-5-7-9-11-13-15-17-18-19-20-21-22-23-24-26-28-30-32-34-36-38-45(48)54-43(42-53-55(49,50)52-40-39-46)41-51-44(47)37-35-33-31-29-27-25-16-14-12-10-8-6-4-2/h14,16-18,43H,3-13,15,19-42,46H2,1-2H3,(H,49,50)/b16-14+,18-17+/t43-/m1/s1. The van der Waals surface area contributed by atoms with Gasteiger partial charge in [0.25, 0.3) is 0 Å².